The number of rotatable bonds is 7. The zero-order valence-corrected chi connectivity index (χ0v) is 19.8. The smallest absolute Gasteiger partial charge is 0.311 e. The van der Waals surface area contributed by atoms with Crippen LogP contribution in [-0.2, 0) is 6.42 Å². The molecule has 0 aliphatic carbocycles. The first-order valence-electron chi connectivity index (χ1n) is 11.2. The quantitative estimate of drug-likeness (QED) is 0.335. The molecule has 0 atom stereocenters. The fourth-order valence-corrected chi connectivity index (χ4v) is 5.19. The van der Waals surface area contributed by atoms with Gasteiger partial charge in [-0.25, -0.2) is 4.79 Å². The van der Waals surface area contributed by atoms with Gasteiger partial charge >= 0.3 is 5.69 Å². The van der Waals surface area contributed by atoms with Crippen LogP contribution in [0.25, 0.3) is 5.69 Å². The molecule has 0 fully saturated rings. The molecule has 0 radical (unpaired) electrons. The van der Waals surface area contributed by atoms with Crippen molar-refractivity contribution in [3.8, 4) is 5.69 Å². The van der Waals surface area contributed by atoms with Gasteiger partial charge in [0.2, 0.25) is 0 Å². The van der Waals surface area contributed by atoms with Gasteiger partial charge < -0.3 is 4.98 Å². The minimum absolute atomic E-state index is 0.00242. The van der Waals surface area contributed by atoms with Crippen molar-refractivity contribution in [1.82, 2.24) is 24.7 Å². The summed E-state index contributed by atoms with van der Waals surface area (Å²) in [5.41, 5.74) is 3.81. The van der Waals surface area contributed by atoms with Crippen LogP contribution in [0.5, 0.6) is 0 Å². The van der Waals surface area contributed by atoms with Crippen molar-refractivity contribution < 1.29 is 0 Å². The van der Waals surface area contributed by atoms with Crippen molar-refractivity contribution in [2.24, 2.45) is 0 Å². The van der Waals surface area contributed by atoms with Gasteiger partial charge in [0, 0.05) is 23.9 Å². The van der Waals surface area contributed by atoms with Crippen LogP contribution in [0, 0.1) is 6.92 Å². The molecule has 8 heteroatoms. The highest BCUT2D eigenvalue weighted by molar-refractivity contribution is 7.99. The summed E-state index contributed by atoms with van der Waals surface area (Å²) in [5, 5.41) is 9.74. The Kier molecular flexibility index (Phi) is 6.45. The van der Waals surface area contributed by atoms with E-state index in [-0.39, 0.29) is 11.7 Å². The van der Waals surface area contributed by atoms with Gasteiger partial charge in [0.1, 0.15) is 5.82 Å². The van der Waals surface area contributed by atoms with Crippen LogP contribution in [0.15, 0.2) is 106 Å². The number of hydrogen-bond acceptors (Lipinski definition) is 5. The summed E-state index contributed by atoms with van der Waals surface area (Å²) in [6.45, 7) is 2.03. The molecule has 7 nitrogen and oxygen atoms in total. The molecule has 0 bridgehead atoms. The van der Waals surface area contributed by atoms with Gasteiger partial charge in [-0.1, -0.05) is 84.6 Å². The molecule has 0 spiro atoms. The van der Waals surface area contributed by atoms with Crippen LogP contribution in [0.1, 0.15) is 33.5 Å². The molecular weight excluding hydrogens is 458 g/mol. The van der Waals surface area contributed by atoms with Gasteiger partial charge in [-0.3, -0.25) is 14.3 Å². The summed E-state index contributed by atoms with van der Waals surface area (Å²) in [5.74, 6) is 0.624. The summed E-state index contributed by atoms with van der Waals surface area (Å²) in [6, 6.07) is 30.1. The highest BCUT2D eigenvalue weighted by Gasteiger charge is 2.22. The number of thioether (sulfide) groups is 1. The predicted octanol–water partition coefficient (Wildman–Crippen LogP) is 4.42. The normalized spacial score (nSPS) is 11.1. The number of benzene rings is 3. The highest BCUT2D eigenvalue weighted by atomic mass is 32.2. The molecule has 0 amide bonds. The third-order valence-electron chi connectivity index (χ3n) is 5.55. The Morgan fingerprint density at radius 1 is 0.829 bits per heavy atom. The van der Waals surface area contributed by atoms with E-state index in [0.717, 1.165) is 27.5 Å². The lowest BCUT2D eigenvalue weighted by molar-refractivity contribution is 0.827. The number of hydrogen-bond donors (Lipinski definition) is 2. The maximum absolute atomic E-state index is 11.8. The third kappa shape index (κ3) is 5.17. The van der Waals surface area contributed by atoms with Crippen LogP contribution < -0.4 is 11.2 Å². The Bertz CT molecular complexity index is 1490. The monoisotopic (exact) mass is 481 g/mol. The van der Waals surface area contributed by atoms with Crippen LogP contribution >= 0.6 is 11.8 Å². The van der Waals surface area contributed by atoms with Gasteiger partial charge in [-0.2, -0.15) is 0 Å². The fraction of sp³-hybridized carbons (Fsp3) is 0.111. The molecule has 0 unspecified atom stereocenters. The Hall–Kier alpha value is -4.17. The topological polar surface area (TPSA) is 96.4 Å². The van der Waals surface area contributed by atoms with E-state index >= 15 is 0 Å². The van der Waals surface area contributed by atoms with E-state index in [2.05, 4.69) is 50.5 Å². The summed E-state index contributed by atoms with van der Waals surface area (Å²) in [4.78, 5) is 28.5. The first-order chi connectivity index (χ1) is 17.1. The average Bonchev–Trinajstić information content (AvgIpc) is 3.25. The van der Waals surface area contributed by atoms with E-state index in [0.29, 0.717) is 11.5 Å². The van der Waals surface area contributed by atoms with Crippen molar-refractivity contribution in [2.45, 2.75) is 23.8 Å². The first-order valence-corrected chi connectivity index (χ1v) is 12.1. The van der Waals surface area contributed by atoms with Crippen LogP contribution in [0.3, 0.4) is 0 Å². The van der Waals surface area contributed by atoms with E-state index in [9.17, 15) is 9.59 Å². The van der Waals surface area contributed by atoms with E-state index in [1.165, 1.54) is 6.07 Å². The minimum Gasteiger partial charge on any atom is -0.311 e. The lowest BCUT2D eigenvalue weighted by Crippen LogP contribution is -2.23. The lowest BCUT2D eigenvalue weighted by atomic mass is 10.0. The molecule has 2 N–H and O–H groups in total. The zero-order valence-electron chi connectivity index (χ0n) is 19.0. The number of aromatic amines is 2. The minimum atomic E-state index is -0.545. The van der Waals surface area contributed by atoms with Crippen molar-refractivity contribution in [3.63, 3.8) is 0 Å². The van der Waals surface area contributed by atoms with Gasteiger partial charge in [0.15, 0.2) is 5.16 Å². The van der Waals surface area contributed by atoms with Crippen molar-refractivity contribution >= 4 is 11.8 Å². The third-order valence-corrected chi connectivity index (χ3v) is 6.81. The molecule has 0 saturated heterocycles. The fourth-order valence-electron chi connectivity index (χ4n) is 3.99. The van der Waals surface area contributed by atoms with E-state index < -0.39 is 11.2 Å². The first kappa shape index (κ1) is 22.6. The molecule has 0 saturated carbocycles. The molecule has 2 aromatic heterocycles. The summed E-state index contributed by atoms with van der Waals surface area (Å²) in [7, 11) is 0. The molecule has 3 aromatic carbocycles. The average molecular weight is 482 g/mol. The van der Waals surface area contributed by atoms with Crippen LogP contribution in [0.4, 0.5) is 0 Å². The van der Waals surface area contributed by atoms with Crippen LogP contribution in [-0.4, -0.2) is 24.7 Å². The molecule has 5 rings (SSSR count). The van der Waals surface area contributed by atoms with Gasteiger partial charge in [-0.15, -0.1) is 10.2 Å². The Morgan fingerprint density at radius 3 is 2.14 bits per heavy atom. The molecule has 2 heterocycles. The number of aryl methyl sites for hydroxylation is 1. The molecule has 5 aromatic rings. The summed E-state index contributed by atoms with van der Waals surface area (Å²) in [6.07, 6.45) is 0.252. The van der Waals surface area contributed by atoms with E-state index in [4.69, 9.17) is 0 Å². The largest absolute Gasteiger partial charge is 0.325 e. The molecule has 174 valence electrons. The predicted molar refractivity (Wildman–Crippen MR) is 137 cm³/mol. The van der Waals surface area contributed by atoms with E-state index in [1.807, 2.05) is 66.1 Å². The van der Waals surface area contributed by atoms with E-state index in [1.54, 1.807) is 11.8 Å². The van der Waals surface area contributed by atoms with Gasteiger partial charge in [0.05, 0.1) is 5.25 Å². The van der Waals surface area contributed by atoms with Crippen molar-refractivity contribution in [1.29, 1.82) is 0 Å². The maximum atomic E-state index is 11.8. The molecule has 0 aliphatic heterocycles. The standard InChI is InChI=1S/C27H23N5O2S/c1-18-9-8-14-22(15-18)32-23(16-21-17-24(33)29-26(34)28-21)30-31-27(32)35-25(19-10-4-2-5-11-19)20-12-6-3-7-13-20/h2-15,17,25H,16H2,1H3,(H2,28,29,33,34). The lowest BCUT2D eigenvalue weighted by Gasteiger charge is -2.18. The number of H-pyrrole nitrogens is 2. The van der Waals surface area contributed by atoms with Gasteiger partial charge in [-0.05, 0) is 35.7 Å². The van der Waals surface area contributed by atoms with Crippen LogP contribution in [0.2, 0.25) is 0 Å². The Morgan fingerprint density at radius 2 is 1.51 bits per heavy atom. The molecule has 0 aliphatic rings. The molecular formula is C27H23N5O2S. The SMILES string of the molecule is Cc1cccc(-n2c(Cc3cc(=O)[nH]c(=O)[nH]3)nnc2SC(c2ccccc2)c2ccccc2)c1. The number of nitrogens with one attached hydrogen (secondary N) is 2. The second-order valence-electron chi connectivity index (χ2n) is 8.18. The van der Waals surface area contributed by atoms with Crippen molar-refractivity contribution in [3.05, 3.63) is 140 Å². The number of nitrogens with zero attached hydrogens (tertiary/aromatic N) is 3. The highest BCUT2D eigenvalue weighted by Crippen LogP contribution is 2.40. The zero-order chi connectivity index (χ0) is 24.2. The molecule has 35 heavy (non-hydrogen) atoms. The van der Waals surface area contributed by atoms with Crippen molar-refractivity contribution in [2.75, 3.05) is 0 Å². The number of aromatic nitrogens is 5. The Labute approximate surface area is 205 Å². The summed E-state index contributed by atoms with van der Waals surface area (Å²) < 4.78 is 2.00. The second kappa shape index (κ2) is 9.99. The second-order valence-corrected chi connectivity index (χ2v) is 9.25. The maximum Gasteiger partial charge on any atom is 0.325 e. The summed E-state index contributed by atoms with van der Waals surface area (Å²) >= 11 is 1.61. The van der Waals surface area contributed by atoms with Gasteiger partial charge in [0.25, 0.3) is 5.56 Å². The Balaban J connectivity index is 1.61.